The van der Waals surface area contributed by atoms with Gasteiger partial charge in [0.25, 0.3) is 0 Å². The molecule has 0 aliphatic heterocycles. The fourth-order valence-electron chi connectivity index (χ4n) is 4.37. The standard InChI is InChI=1S/C28H27NO8/c1-34-18-12-11-17(25(13-18)35-2)15-36-27(32)24(14-26(30)31)29-28(33)37-16-23-21-9-5-3-7-19(21)20-8-4-6-10-22(20)23/h3-13,23-24H,14-16H2,1-2H3,(H,29,33)(H,30,31). The average molecular weight is 506 g/mol. The Morgan fingerprint density at radius 1 is 0.892 bits per heavy atom. The monoisotopic (exact) mass is 505 g/mol. The van der Waals surface area contributed by atoms with Gasteiger partial charge in [-0.3, -0.25) is 4.79 Å². The maximum Gasteiger partial charge on any atom is 0.407 e. The molecule has 1 aliphatic rings. The molecule has 0 radical (unpaired) electrons. The Balaban J connectivity index is 1.39. The number of hydrogen-bond acceptors (Lipinski definition) is 7. The molecule has 1 atom stereocenters. The van der Waals surface area contributed by atoms with E-state index in [1.54, 1.807) is 18.2 Å². The van der Waals surface area contributed by atoms with Gasteiger partial charge in [-0.15, -0.1) is 0 Å². The Bertz CT molecular complexity index is 1260. The lowest BCUT2D eigenvalue weighted by Gasteiger charge is -2.18. The minimum atomic E-state index is -1.43. The molecule has 0 heterocycles. The number of benzene rings is 3. The summed E-state index contributed by atoms with van der Waals surface area (Å²) in [6, 6.07) is 19.3. The van der Waals surface area contributed by atoms with Gasteiger partial charge in [0.2, 0.25) is 0 Å². The third-order valence-corrected chi connectivity index (χ3v) is 6.16. The van der Waals surface area contributed by atoms with Crippen LogP contribution in [0.15, 0.2) is 66.7 Å². The van der Waals surface area contributed by atoms with E-state index in [1.807, 2.05) is 48.5 Å². The van der Waals surface area contributed by atoms with Crippen LogP contribution in [0, 0.1) is 0 Å². The van der Waals surface area contributed by atoms with Gasteiger partial charge in [-0.1, -0.05) is 48.5 Å². The summed E-state index contributed by atoms with van der Waals surface area (Å²) < 4.78 is 21.2. The second kappa shape index (κ2) is 11.5. The number of carboxylic acids is 1. The number of fused-ring (bicyclic) bond motifs is 3. The van der Waals surface area contributed by atoms with Gasteiger partial charge in [0.1, 0.15) is 30.8 Å². The highest BCUT2D eigenvalue weighted by Gasteiger charge is 2.30. The molecule has 0 aromatic heterocycles. The van der Waals surface area contributed by atoms with E-state index in [2.05, 4.69) is 5.32 Å². The molecule has 9 heteroatoms. The molecule has 9 nitrogen and oxygen atoms in total. The van der Waals surface area contributed by atoms with E-state index < -0.39 is 30.5 Å². The summed E-state index contributed by atoms with van der Waals surface area (Å²) in [4.78, 5) is 36.6. The normalized spacial score (nSPS) is 12.6. The van der Waals surface area contributed by atoms with Crippen molar-refractivity contribution in [3.8, 4) is 22.6 Å². The van der Waals surface area contributed by atoms with Crippen molar-refractivity contribution in [1.29, 1.82) is 0 Å². The van der Waals surface area contributed by atoms with Gasteiger partial charge in [0.05, 0.1) is 20.6 Å². The molecule has 1 amide bonds. The highest BCUT2D eigenvalue weighted by Crippen LogP contribution is 2.44. The highest BCUT2D eigenvalue weighted by molar-refractivity contribution is 5.86. The van der Waals surface area contributed by atoms with Crippen molar-refractivity contribution < 1.29 is 38.4 Å². The lowest BCUT2D eigenvalue weighted by molar-refractivity contribution is -0.151. The summed E-state index contributed by atoms with van der Waals surface area (Å²) in [6.45, 7) is -0.160. The molecule has 192 valence electrons. The number of aliphatic carboxylic acids is 1. The van der Waals surface area contributed by atoms with Gasteiger partial charge >= 0.3 is 18.0 Å². The number of nitrogens with one attached hydrogen (secondary N) is 1. The van der Waals surface area contributed by atoms with Crippen molar-refractivity contribution in [2.75, 3.05) is 20.8 Å². The number of esters is 1. The van der Waals surface area contributed by atoms with Gasteiger partial charge in [-0.25, -0.2) is 9.59 Å². The first-order chi connectivity index (χ1) is 17.9. The van der Waals surface area contributed by atoms with Crippen LogP contribution < -0.4 is 14.8 Å². The van der Waals surface area contributed by atoms with Crippen LogP contribution >= 0.6 is 0 Å². The molecule has 0 saturated carbocycles. The van der Waals surface area contributed by atoms with Crippen LogP contribution in [-0.4, -0.2) is 50.0 Å². The van der Waals surface area contributed by atoms with E-state index in [-0.39, 0.29) is 19.1 Å². The van der Waals surface area contributed by atoms with Crippen LogP contribution in [0.25, 0.3) is 11.1 Å². The smallest absolute Gasteiger partial charge is 0.407 e. The van der Waals surface area contributed by atoms with Crippen molar-refractivity contribution in [2.24, 2.45) is 0 Å². The number of carboxylic acid groups (broad SMARTS) is 1. The first-order valence-corrected chi connectivity index (χ1v) is 11.6. The second-order valence-electron chi connectivity index (χ2n) is 8.41. The van der Waals surface area contributed by atoms with Gasteiger partial charge in [-0.2, -0.15) is 0 Å². The largest absolute Gasteiger partial charge is 0.497 e. The first-order valence-electron chi connectivity index (χ1n) is 11.6. The number of methoxy groups -OCH3 is 2. The molecule has 2 N–H and O–H groups in total. The van der Waals surface area contributed by atoms with Crippen molar-refractivity contribution in [1.82, 2.24) is 5.32 Å². The molecule has 0 bridgehead atoms. The molecule has 0 saturated heterocycles. The van der Waals surface area contributed by atoms with Gasteiger partial charge in [0.15, 0.2) is 0 Å². The molecule has 1 unspecified atom stereocenters. The van der Waals surface area contributed by atoms with Crippen LogP contribution in [0.1, 0.15) is 29.0 Å². The van der Waals surface area contributed by atoms with Crippen molar-refractivity contribution in [3.63, 3.8) is 0 Å². The summed E-state index contributed by atoms with van der Waals surface area (Å²) in [5.41, 5.74) is 4.77. The SMILES string of the molecule is COc1ccc(COC(=O)C(CC(=O)O)NC(=O)OCC2c3ccccc3-c3ccccc32)c(OC)c1. The lowest BCUT2D eigenvalue weighted by Crippen LogP contribution is -2.43. The number of carbonyl (C=O) groups excluding carboxylic acids is 2. The lowest BCUT2D eigenvalue weighted by atomic mass is 9.98. The van der Waals surface area contributed by atoms with Crippen molar-refractivity contribution in [2.45, 2.75) is 25.0 Å². The summed E-state index contributed by atoms with van der Waals surface area (Å²) in [7, 11) is 2.98. The molecule has 0 fully saturated rings. The van der Waals surface area contributed by atoms with Gasteiger partial charge in [0, 0.05) is 17.5 Å². The third kappa shape index (κ3) is 5.83. The van der Waals surface area contributed by atoms with Crippen molar-refractivity contribution >= 4 is 18.0 Å². The quantitative estimate of drug-likeness (QED) is 0.395. The summed E-state index contributed by atoms with van der Waals surface area (Å²) in [5, 5.41) is 11.6. The molecule has 3 aromatic carbocycles. The van der Waals surface area contributed by atoms with Gasteiger partial charge in [-0.05, 0) is 34.4 Å². The first kappa shape index (κ1) is 25.6. The minimum Gasteiger partial charge on any atom is -0.497 e. The van der Waals surface area contributed by atoms with E-state index >= 15 is 0 Å². The fraction of sp³-hybridized carbons (Fsp3) is 0.250. The topological polar surface area (TPSA) is 120 Å². The fourth-order valence-corrected chi connectivity index (χ4v) is 4.37. The average Bonchev–Trinajstić information content (AvgIpc) is 3.23. The Hall–Kier alpha value is -4.53. The second-order valence-corrected chi connectivity index (χ2v) is 8.41. The van der Waals surface area contributed by atoms with Crippen LogP contribution in [0.3, 0.4) is 0 Å². The number of ether oxygens (including phenoxy) is 4. The number of alkyl carbamates (subject to hydrolysis) is 1. The Morgan fingerprint density at radius 3 is 2.14 bits per heavy atom. The Kier molecular flexibility index (Phi) is 7.92. The minimum absolute atomic E-state index is 0.0255. The van der Waals surface area contributed by atoms with Crippen LogP contribution in [0.4, 0.5) is 4.79 Å². The van der Waals surface area contributed by atoms with Gasteiger partial charge < -0.3 is 29.4 Å². The van der Waals surface area contributed by atoms with Crippen molar-refractivity contribution in [3.05, 3.63) is 83.4 Å². The summed E-state index contributed by atoms with van der Waals surface area (Å²) in [5.74, 6) is -1.36. The van der Waals surface area contributed by atoms with Crippen LogP contribution in [0.2, 0.25) is 0 Å². The number of hydrogen-bond donors (Lipinski definition) is 2. The maximum absolute atomic E-state index is 12.7. The van der Waals surface area contributed by atoms with E-state index in [4.69, 9.17) is 18.9 Å². The predicted octanol–water partition coefficient (Wildman–Crippen LogP) is 4.13. The molecular formula is C28H27NO8. The molecule has 4 rings (SSSR count). The molecule has 1 aliphatic carbocycles. The van der Waals surface area contributed by atoms with E-state index in [9.17, 15) is 19.5 Å². The molecule has 3 aromatic rings. The predicted molar refractivity (Wildman–Crippen MR) is 134 cm³/mol. The zero-order valence-corrected chi connectivity index (χ0v) is 20.4. The Labute approximate surface area is 213 Å². The number of amides is 1. The maximum atomic E-state index is 12.7. The molecule has 0 spiro atoms. The molecular weight excluding hydrogens is 478 g/mol. The summed E-state index contributed by atoms with van der Waals surface area (Å²) >= 11 is 0. The van der Waals surface area contributed by atoms with E-state index in [0.717, 1.165) is 22.3 Å². The Morgan fingerprint density at radius 2 is 1.54 bits per heavy atom. The zero-order valence-electron chi connectivity index (χ0n) is 20.4. The summed E-state index contributed by atoms with van der Waals surface area (Å²) in [6.07, 6.45) is -1.57. The molecule has 37 heavy (non-hydrogen) atoms. The third-order valence-electron chi connectivity index (χ3n) is 6.16. The zero-order chi connectivity index (χ0) is 26.4. The number of carbonyl (C=O) groups is 3. The van der Waals surface area contributed by atoms with Crippen LogP contribution in [0.5, 0.6) is 11.5 Å². The number of rotatable bonds is 10. The highest BCUT2D eigenvalue weighted by atomic mass is 16.6. The van der Waals surface area contributed by atoms with E-state index in [1.165, 1.54) is 14.2 Å². The van der Waals surface area contributed by atoms with Crippen LogP contribution in [-0.2, 0) is 25.7 Å². The van der Waals surface area contributed by atoms with E-state index in [0.29, 0.717) is 17.1 Å².